The van der Waals surface area contributed by atoms with Gasteiger partial charge in [0.15, 0.2) is 0 Å². The van der Waals surface area contributed by atoms with Crippen LogP contribution in [0.3, 0.4) is 0 Å². The largest absolute Gasteiger partial charge is 0.481 e. The summed E-state index contributed by atoms with van der Waals surface area (Å²) in [6, 6.07) is 0. The quantitative estimate of drug-likeness (QED) is 0.477. The maximum Gasteiger partial charge on any atom is 0.303 e. The SMILES string of the molecule is O=C(O)CCCC[C@@H](O)Cl. The van der Waals surface area contributed by atoms with E-state index in [0.29, 0.717) is 19.3 Å². The molecule has 1 atom stereocenters. The van der Waals surface area contributed by atoms with Gasteiger partial charge in [-0.1, -0.05) is 11.6 Å². The second kappa shape index (κ2) is 5.50. The Kier molecular flexibility index (Phi) is 5.35. The maximum absolute atomic E-state index is 9.95. The molecule has 0 fully saturated rings. The Morgan fingerprint density at radius 1 is 1.50 bits per heavy atom. The number of unbranched alkanes of at least 4 members (excludes halogenated alkanes) is 1. The summed E-state index contributed by atoms with van der Waals surface area (Å²) in [6.45, 7) is 0. The van der Waals surface area contributed by atoms with Gasteiger partial charge in [0, 0.05) is 6.42 Å². The average Bonchev–Trinajstić information content (AvgIpc) is 1.79. The van der Waals surface area contributed by atoms with Crippen LogP contribution in [0.2, 0.25) is 0 Å². The number of hydrogen-bond donors (Lipinski definition) is 2. The van der Waals surface area contributed by atoms with Crippen LogP contribution in [0.15, 0.2) is 0 Å². The van der Waals surface area contributed by atoms with E-state index in [2.05, 4.69) is 0 Å². The van der Waals surface area contributed by atoms with Gasteiger partial charge in [-0.05, 0) is 19.3 Å². The van der Waals surface area contributed by atoms with E-state index < -0.39 is 11.5 Å². The van der Waals surface area contributed by atoms with Crippen molar-refractivity contribution in [3.8, 4) is 0 Å². The predicted octanol–water partition coefficient (Wildman–Crippen LogP) is 1.19. The van der Waals surface area contributed by atoms with Crippen LogP contribution >= 0.6 is 11.6 Å². The maximum atomic E-state index is 9.95. The Balaban J connectivity index is 2.98. The van der Waals surface area contributed by atoms with Gasteiger partial charge in [-0.15, -0.1) is 0 Å². The van der Waals surface area contributed by atoms with Gasteiger partial charge in [0.25, 0.3) is 0 Å². The van der Waals surface area contributed by atoms with Gasteiger partial charge >= 0.3 is 5.97 Å². The lowest BCUT2D eigenvalue weighted by atomic mass is 10.2. The Bertz CT molecular complexity index is 103. The van der Waals surface area contributed by atoms with Crippen molar-refractivity contribution in [3.05, 3.63) is 0 Å². The first kappa shape index (κ1) is 9.72. The number of rotatable bonds is 5. The molecule has 0 heterocycles. The number of halogens is 1. The number of carboxylic acid groups (broad SMARTS) is 1. The first-order valence-corrected chi connectivity index (χ1v) is 3.60. The predicted molar refractivity (Wildman–Crippen MR) is 38.0 cm³/mol. The van der Waals surface area contributed by atoms with Gasteiger partial charge in [0.1, 0.15) is 5.56 Å². The third-order valence-electron chi connectivity index (χ3n) is 1.08. The Morgan fingerprint density at radius 2 is 2.10 bits per heavy atom. The summed E-state index contributed by atoms with van der Waals surface area (Å²) >= 11 is 5.20. The van der Waals surface area contributed by atoms with Crippen LogP contribution in [0.4, 0.5) is 0 Å². The van der Waals surface area contributed by atoms with Gasteiger partial charge in [0.05, 0.1) is 0 Å². The fourth-order valence-corrected chi connectivity index (χ4v) is 0.743. The van der Waals surface area contributed by atoms with Crippen LogP contribution in [0.1, 0.15) is 25.7 Å². The Hall–Kier alpha value is -0.280. The molecular formula is C6H11ClO3. The van der Waals surface area contributed by atoms with E-state index in [0.717, 1.165) is 0 Å². The summed E-state index contributed by atoms with van der Waals surface area (Å²) in [5.74, 6) is -0.802. The number of hydrogen-bond acceptors (Lipinski definition) is 2. The van der Waals surface area contributed by atoms with Gasteiger partial charge in [-0.25, -0.2) is 0 Å². The molecule has 0 radical (unpaired) electrons. The van der Waals surface area contributed by atoms with Crippen molar-refractivity contribution in [2.24, 2.45) is 0 Å². The molecule has 0 aromatic carbocycles. The van der Waals surface area contributed by atoms with E-state index in [4.69, 9.17) is 21.8 Å². The minimum Gasteiger partial charge on any atom is -0.481 e. The molecule has 0 spiro atoms. The summed E-state index contributed by atoms with van der Waals surface area (Å²) < 4.78 is 0. The molecule has 0 unspecified atom stereocenters. The van der Waals surface area contributed by atoms with E-state index in [1.165, 1.54) is 0 Å². The van der Waals surface area contributed by atoms with Crippen LogP contribution < -0.4 is 0 Å². The molecule has 10 heavy (non-hydrogen) atoms. The lowest BCUT2D eigenvalue weighted by Crippen LogP contribution is -1.97. The number of aliphatic hydroxyl groups excluding tert-OH is 1. The molecule has 0 aliphatic carbocycles. The van der Waals surface area contributed by atoms with Crippen LogP contribution in [0.25, 0.3) is 0 Å². The first-order chi connectivity index (χ1) is 4.63. The zero-order valence-corrected chi connectivity index (χ0v) is 6.34. The number of aliphatic carboxylic acids is 1. The molecule has 0 aliphatic rings. The Labute approximate surface area is 64.6 Å². The molecule has 0 aromatic rings. The van der Waals surface area contributed by atoms with Crippen molar-refractivity contribution in [1.82, 2.24) is 0 Å². The highest BCUT2D eigenvalue weighted by Crippen LogP contribution is 2.05. The van der Waals surface area contributed by atoms with Crippen LogP contribution in [0, 0.1) is 0 Å². The fraction of sp³-hybridized carbons (Fsp3) is 0.833. The van der Waals surface area contributed by atoms with Crippen molar-refractivity contribution < 1.29 is 15.0 Å². The van der Waals surface area contributed by atoms with E-state index in [1.807, 2.05) is 0 Å². The van der Waals surface area contributed by atoms with Crippen LogP contribution in [-0.2, 0) is 4.79 Å². The highest BCUT2D eigenvalue weighted by molar-refractivity contribution is 6.19. The summed E-state index contributed by atoms with van der Waals surface area (Å²) in [5, 5.41) is 16.7. The van der Waals surface area contributed by atoms with Gasteiger partial charge in [-0.2, -0.15) is 0 Å². The molecule has 2 N–H and O–H groups in total. The number of aliphatic hydroxyl groups is 1. The van der Waals surface area contributed by atoms with Crippen molar-refractivity contribution in [2.45, 2.75) is 31.2 Å². The molecule has 60 valence electrons. The molecule has 4 heteroatoms. The monoisotopic (exact) mass is 166 g/mol. The lowest BCUT2D eigenvalue weighted by Gasteiger charge is -1.98. The lowest BCUT2D eigenvalue weighted by molar-refractivity contribution is -0.137. The summed E-state index contributed by atoms with van der Waals surface area (Å²) in [4.78, 5) is 9.95. The molecule has 0 saturated carbocycles. The standard InChI is InChI=1S/C6H11ClO3/c7-5(8)3-1-2-4-6(9)10/h5,8H,1-4H2,(H,9,10)/t5-/m1/s1. The van der Waals surface area contributed by atoms with Gasteiger partial charge in [-0.3, -0.25) is 4.79 Å². The summed E-state index contributed by atoms with van der Waals surface area (Å²) in [5.41, 5.74) is -0.825. The second-order valence-corrected chi connectivity index (χ2v) is 2.58. The molecular weight excluding hydrogens is 156 g/mol. The third-order valence-corrected chi connectivity index (χ3v) is 1.30. The van der Waals surface area contributed by atoms with Crippen molar-refractivity contribution in [2.75, 3.05) is 0 Å². The Morgan fingerprint density at radius 3 is 2.50 bits per heavy atom. The number of alkyl halides is 1. The topological polar surface area (TPSA) is 57.5 Å². The van der Waals surface area contributed by atoms with E-state index in [-0.39, 0.29) is 6.42 Å². The van der Waals surface area contributed by atoms with Crippen LogP contribution in [-0.4, -0.2) is 21.7 Å². The van der Waals surface area contributed by atoms with E-state index >= 15 is 0 Å². The van der Waals surface area contributed by atoms with Gasteiger partial charge < -0.3 is 10.2 Å². The highest BCUT2D eigenvalue weighted by atomic mass is 35.5. The number of carboxylic acids is 1. The van der Waals surface area contributed by atoms with Crippen molar-refractivity contribution in [3.63, 3.8) is 0 Å². The molecule has 0 aliphatic heterocycles. The zero-order valence-electron chi connectivity index (χ0n) is 5.59. The zero-order chi connectivity index (χ0) is 7.98. The first-order valence-electron chi connectivity index (χ1n) is 3.17. The highest BCUT2D eigenvalue weighted by Gasteiger charge is 1.99. The number of carbonyl (C=O) groups is 1. The molecule has 0 rings (SSSR count). The molecule has 0 aromatic heterocycles. The summed E-state index contributed by atoms with van der Waals surface area (Å²) in [7, 11) is 0. The average molecular weight is 167 g/mol. The fourth-order valence-electron chi connectivity index (χ4n) is 0.589. The minimum absolute atomic E-state index is 0.156. The molecule has 0 saturated heterocycles. The summed E-state index contributed by atoms with van der Waals surface area (Å²) in [6.07, 6.45) is 1.87. The third kappa shape index (κ3) is 7.72. The van der Waals surface area contributed by atoms with Gasteiger partial charge in [0.2, 0.25) is 0 Å². The van der Waals surface area contributed by atoms with E-state index in [1.54, 1.807) is 0 Å². The van der Waals surface area contributed by atoms with Crippen LogP contribution in [0.5, 0.6) is 0 Å². The molecule has 0 bridgehead atoms. The second-order valence-electron chi connectivity index (χ2n) is 2.07. The molecule has 3 nitrogen and oxygen atoms in total. The minimum atomic E-state index is -0.825. The normalized spacial score (nSPS) is 13.0. The van der Waals surface area contributed by atoms with Crippen molar-refractivity contribution in [1.29, 1.82) is 0 Å². The van der Waals surface area contributed by atoms with E-state index in [9.17, 15) is 4.79 Å². The van der Waals surface area contributed by atoms with Crippen molar-refractivity contribution >= 4 is 17.6 Å². The smallest absolute Gasteiger partial charge is 0.303 e. The molecule has 0 amide bonds.